The Bertz CT molecular complexity index is 116. The molecule has 0 heterocycles. The van der Waals surface area contributed by atoms with Crippen LogP contribution in [0, 0.1) is 24.7 Å². The molecule has 3 atom stereocenters. The van der Waals surface area contributed by atoms with E-state index in [2.05, 4.69) is 34.6 Å². The highest BCUT2D eigenvalue weighted by Gasteiger charge is 2.21. The highest BCUT2D eigenvalue weighted by atomic mass is 14.3. The summed E-state index contributed by atoms with van der Waals surface area (Å²) in [6.45, 7) is 13.7. The van der Waals surface area contributed by atoms with Crippen LogP contribution < -0.4 is 0 Å². The van der Waals surface area contributed by atoms with E-state index in [-0.39, 0.29) is 0 Å². The van der Waals surface area contributed by atoms with Gasteiger partial charge >= 0.3 is 0 Å². The van der Waals surface area contributed by atoms with E-state index in [9.17, 15) is 0 Å². The van der Waals surface area contributed by atoms with E-state index >= 15 is 0 Å². The number of rotatable bonds is 9. The van der Waals surface area contributed by atoms with Crippen molar-refractivity contribution in [1.29, 1.82) is 0 Å². The third kappa shape index (κ3) is 6.22. The van der Waals surface area contributed by atoms with Gasteiger partial charge in [0.25, 0.3) is 0 Å². The average Bonchev–Trinajstić information content (AvgIpc) is 2.19. The van der Waals surface area contributed by atoms with E-state index in [1.54, 1.807) is 0 Å². The molecule has 0 bridgehead atoms. The SMILES string of the molecule is [CH2]C(CCC)C(CCCC)C(C)CCC. The zero-order valence-corrected chi connectivity index (χ0v) is 11.4. The van der Waals surface area contributed by atoms with Gasteiger partial charge in [0.05, 0.1) is 0 Å². The molecule has 0 N–H and O–H groups in total. The first-order valence-corrected chi connectivity index (χ1v) is 7.00. The Kier molecular flexibility index (Phi) is 9.24. The average molecular weight is 211 g/mol. The minimum atomic E-state index is 0.683. The third-order valence-electron chi connectivity index (χ3n) is 3.63. The van der Waals surface area contributed by atoms with Gasteiger partial charge in [0.2, 0.25) is 0 Å². The Balaban J connectivity index is 4.14. The van der Waals surface area contributed by atoms with Crippen molar-refractivity contribution >= 4 is 0 Å². The molecule has 0 amide bonds. The Morgan fingerprint density at radius 3 is 1.93 bits per heavy atom. The van der Waals surface area contributed by atoms with Gasteiger partial charge in [0, 0.05) is 0 Å². The first-order valence-electron chi connectivity index (χ1n) is 7.00. The van der Waals surface area contributed by atoms with Crippen LogP contribution in [0.4, 0.5) is 0 Å². The maximum Gasteiger partial charge on any atom is -0.0360 e. The summed E-state index contributed by atoms with van der Waals surface area (Å²) in [5, 5.41) is 0. The molecule has 0 spiro atoms. The summed E-state index contributed by atoms with van der Waals surface area (Å²) in [5.41, 5.74) is 0. The zero-order valence-electron chi connectivity index (χ0n) is 11.4. The largest absolute Gasteiger partial charge is 0.0654 e. The van der Waals surface area contributed by atoms with Gasteiger partial charge in [-0.2, -0.15) is 0 Å². The number of hydrogen-bond donors (Lipinski definition) is 0. The minimum Gasteiger partial charge on any atom is -0.0654 e. The minimum absolute atomic E-state index is 0.683. The Labute approximate surface area is 97.8 Å². The highest BCUT2D eigenvalue weighted by Crippen LogP contribution is 2.31. The van der Waals surface area contributed by atoms with Crippen molar-refractivity contribution in [3.8, 4) is 0 Å². The lowest BCUT2D eigenvalue weighted by molar-refractivity contribution is 0.230. The molecule has 0 aliphatic carbocycles. The lowest BCUT2D eigenvalue weighted by atomic mass is 9.76. The molecule has 0 saturated carbocycles. The van der Waals surface area contributed by atoms with E-state index < -0.39 is 0 Å². The summed E-state index contributed by atoms with van der Waals surface area (Å²) in [4.78, 5) is 0. The third-order valence-corrected chi connectivity index (χ3v) is 3.63. The lowest BCUT2D eigenvalue weighted by Crippen LogP contribution is -2.20. The van der Waals surface area contributed by atoms with E-state index in [0.29, 0.717) is 5.92 Å². The van der Waals surface area contributed by atoms with Gasteiger partial charge < -0.3 is 0 Å². The molecule has 0 heteroatoms. The van der Waals surface area contributed by atoms with Gasteiger partial charge in [0.1, 0.15) is 0 Å². The molecule has 0 saturated heterocycles. The second-order valence-electron chi connectivity index (χ2n) is 5.12. The summed E-state index contributed by atoms with van der Waals surface area (Å²) in [6, 6.07) is 0. The van der Waals surface area contributed by atoms with Crippen molar-refractivity contribution < 1.29 is 0 Å². The standard InChI is InChI=1S/C15H31/c1-6-9-12-15(13(4)10-7-2)14(5)11-8-3/h13-15H,4,6-12H2,1-3,5H3. The smallest absolute Gasteiger partial charge is 0.0360 e. The predicted molar refractivity (Wildman–Crippen MR) is 70.8 cm³/mol. The number of unbranched alkanes of at least 4 members (excludes halogenated alkanes) is 1. The summed E-state index contributed by atoms with van der Waals surface area (Å²) >= 11 is 0. The van der Waals surface area contributed by atoms with Crippen LogP contribution in [-0.4, -0.2) is 0 Å². The van der Waals surface area contributed by atoms with Crippen molar-refractivity contribution in [2.75, 3.05) is 0 Å². The van der Waals surface area contributed by atoms with Crippen molar-refractivity contribution in [2.45, 2.75) is 72.6 Å². The van der Waals surface area contributed by atoms with Gasteiger partial charge in [-0.1, -0.05) is 66.2 Å². The molecule has 91 valence electrons. The van der Waals surface area contributed by atoms with Gasteiger partial charge in [-0.15, -0.1) is 0 Å². The Morgan fingerprint density at radius 1 is 0.867 bits per heavy atom. The van der Waals surface area contributed by atoms with Crippen LogP contribution in [0.5, 0.6) is 0 Å². The molecule has 0 aromatic rings. The van der Waals surface area contributed by atoms with Gasteiger partial charge in [-0.05, 0) is 31.1 Å². The summed E-state index contributed by atoms with van der Waals surface area (Å²) in [7, 11) is 0. The molecular weight excluding hydrogens is 180 g/mol. The molecule has 0 aliphatic rings. The molecule has 0 nitrogen and oxygen atoms in total. The monoisotopic (exact) mass is 211 g/mol. The fraction of sp³-hybridized carbons (Fsp3) is 0.933. The quantitative estimate of drug-likeness (QED) is 0.474. The Morgan fingerprint density at radius 2 is 1.47 bits per heavy atom. The molecule has 0 fully saturated rings. The van der Waals surface area contributed by atoms with Crippen LogP contribution in [0.15, 0.2) is 0 Å². The first kappa shape index (κ1) is 15.0. The van der Waals surface area contributed by atoms with Crippen molar-refractivity contribution in [3.63, 3.8) is 0 Å². The zero-order chi connectivity index (χ0) is 11.7. The molecular formula is C15H31. The van der Waals surface area contributed by atoms with Gasteiger partial charge in [0.15, 0.2) is 0 Å². The lowest BCUT2D eigenvalue weighted by Gasteiger charge is -2.29. The normalized spacial score (nSPS) is 17.4. The summed E-state index contributed by atoms with van der Waals surface area (Å²) < 4.78 is 0. The number of hydrogen-bond acceptors (Lipinski definition) is 0. The Hall–Kier alpha value is 0. The van der Waals surface area contributed by atoms with Gasteiger partial charge in [-0.3, -0.25) is 0 Å². The molecule has 0 aromatic carbocycles. The van der Waals surface area contributed by atoms with Crippen LogP contribution >= 0.6 is 0 Å². The van der Waals surface area contributed by atoms with Crippen molar-refractivity contribution in [2.24, 2.45) is 17.8 Å². The molecule has 0 aliphatic heterocycles. The molecule has 3 unspecified atom stereocenters. The van der Waals surface area contributed by atoms with Crippen LogP contribution in [0.2, 0.25) is 0 Å². The van der Waals surface area contributed by atoms with Crippen LogP contribution in [0.1, 0.15) is 72.6 Å². The van der Waals surface area contributed by atoms with E-state index in [0.717, 1.165) is 11.8 Å². The summed E-state index contributed by atoms with van der Waals surface area (Å²) in [6.07, 6.45) is 9.40. The van der Waals surface area contributed by atoms with Crippen molar-refractivity contribution in [1.82, 2.24) is 0 Å². The fourth-order valence-corrected chi connectivity index (χ4v) is 2.68. The molecule has 0 aromatic heterocycles. The highest BCUT2D eigenvalue weighted by molar-refractivity contribution is 4.76. The van der Waals surface area contributed by atoms with Crippen molar-refractivity contribution in [3.05, 3.63) is 6.92 Å². The van der Waals surface area contributed by atoms with E-state index in [1.807, 2.05) is 0 Å². The molecule has 15 heavy (non-hydrogen) atoms. The molecule has 1 radical (unpaired) electrons. The predicted octanol–water partition coefficient (Wildman–Crippen LogP) is 5.48. The maximum atomic E-state index is 4.38. The van der Waals surface area contributed by atoms with Gasteiger partial charge in [-0.25, -0.2) is 0 Å². The summed E-state index contributed by atoms with van der Waals surface area (Å²) in [5.74, 6) is 2.42. The van der Waals surface area contributed by atoms with E-state index in [4.69, 9.17) is 0 Å². The second kappa shape index (κ2) is 9.24. The van der Waals surface area contributed by atoms with Crippen LogP contribution in [-0.2, 0) is 0 Å². The van der Waals surface area contributed by atoms with Crippen LogP contribution in [0.3, 0.4) is 0 Å². The maximum absolute atomic E-state index is 4.38. The topological polar surface area (TPSA) is 0 Å². The van der Waals surface area contributed by atoms with Crippen LogP contribution in [0.25, 0.3) is 0 Å². The first-order chi connectivity index (χ1) is 7.17. The fourth-order valence-electron chi connectivity index (χ4n) is 2.68. The second-order valence-corrected chi connectivity index (χ2v) is 5.12. The molecule has 0 rings (SSSR count). The van der Waals surface area contributed by atoms with E-state index in [1.165, 1.54) is 44.9 Å².